The number of rotatable bonds is 7. The molecule has 0 spiro atoms. The van der Waals surface area contributed by atoms with Crippen LogP contribution in [0.2, 0.25) is 4.68 Å². The number of hydrogen-bond donors (Lipinski definition) is 2. The third kappa shape index (κ3) is 4.04. The zero-order valence-corrected chi connectivity index (χ0v) is 19.2. The first kappa shape index (κ1) is 19.9. The molecule has 0 saturated carbocycles. The van der Waals surface area contributed by atoms with Gasteiger partial charge in [-0.1, -0.05) is 0 Å². The molecule has 1 aliphatic heterocycles. The van der Waals surface area contributed by atoms with E-state index in [1.54, 1.807) is 0 Å². The number of alkyl halides is 1. The average Bonchev–Trinajstić information content (AvgIpc) is 2.82. The molecule has 0 amide bonds. The number of benzene rings is 1. The Morgan fingerprint density at radius 1 is 1.25 bits per heavy atom. The summed E-state index contributed by atoms with van der Waals surface area (Å²) < 4.78 is 13.1. The van der Waals surface area contributed by atoms with Gasteiger partial charge in [-0.15, -0.1) is 0 Å². The molecule has 1 aliphatic rings. The van der Waals surface area contributed by atoms with Crippen molar-refractivity contribution in [1.29, 1.82) is 0 Å². The summed E-state index contributed by atoms with van der Waals surface area (Å²) >= 11 is 2.33. The average molecular weight is 517 g/mol. The van der Waals surface area contributed by atoms with Crippen LogP contribution in [0.3, 0.4) is 0 Å². The standard InChI is InChI=1S/C15H15BrO5S.CH3.In/c1-20-15(21-2)12(9-17)11(14(18)19)8-13(16)22-10-6-4-3-5-7-10;;/h3-7,13,15,17H,1-2H3,(H,18,19);1H3;. The Kier molecular flexibility index (Phi) is 7.30. The molecule has 5 nitrogen and oxygen atoms in total. The van der Waals surface area contributed by atoms with Crippen molar-refractivity contribution in [2.24, 2.45) is 0 Å². The summed E-state index contributed by atoms with van der Waals surface area (Å²) in [5, 5.41) is 20.3. The van der Waals surface area contributed by atoms with Crippen molar-refractivity contribution in [3.05, 3.63) is 48.3 Å². The molecule has 2 rings (SSSR count). The van der Waals surface area contributed by atoms with Gasteiger partial charge in [-0.2, -0.15) is 0 Å². The summed E-state index contributed by atoms with van der Waals surface area (Å²) in [5.74, 6) is -1.06. The third-order valence-corrected chi connectivity index (χ3v) is 15.6. The van der Waals surface area contributed by atoms with Gasteiger partial charge in [-0.3, -0.25) is 0 Å². The monoisotopic (exact) mass is 516 g/mol. The van der Waals surface area contributed by atoms with Gasteiger partial charge in [0.05, 0.1) is 0 Å². The van der Waals surface area contributed by atoms with Crippen LogP contribution >= 0.6 is 27.7 Å². The van der Waals surface area contributed by atoms with Gasteiger partial charge in [-0.25, -0.2) is 0 Å². The van der Waals surface area contributed by atoms with Crippen molar-refractivity contribution in [2.45, 2.75) is 20.0 Å². The number of carboxylic acid groups (broad SMARTS) is 1. The minimum atomic E-state index is -2.81. The van der Waals surface area contributed by atoms with E-state index >= 15 is 0 Å². The topological polar surface area (TPSA) is 76.0 Å². The first-order chi connectivity index (χ1) is 11.4. The summed E-state index contributed by atoms with van der Waals surface area (Å²) in [5.41, 5.74) is 0.402. The Labute approximate surface area is 161 Å². The van der Waals surface area contributed by atoms with Gasteiger partial charge in [0.25, 0.3) is 0 Å². The Hall–Kier alpha value is -0.410. The van der Waals surface area contributed by atoms with Crippen LogP contribution in [0.15, 0.2) is 53.2 Å². The number of methoxy groups -OCH3 is 2. The zero-order valence-electron chi connectivity index (χ0n) is 13.5. The van der Waals surface area contributed by atoms with Gasteiger partial charge in [-0.05, 0) is 0 Å². The van der Waals surface area contributed by atoms with Crippen LogP contribution in [0.5, 0.6) is 0 Å². The predicted octanol–water partition coefficient (Wildman–Crippen LogP) is 3.53. The second-order valence-electron chi connectivity index (χ2n) is 5.21. The van der Waals surface area contributed by atoms with Crippen LogP contribution < -0.4 is 0 Å². The number of halogens is 1. The molecule has 1 aromatic rings. The number of carbonyl (C=O) groups is 1. The Bertz CT molecular complexity index is 672. The molecule has 0 bridgehead atoms. The molecule has 1 atom stereocenters. The van der Waals surface area contributed by atoms with Crippen molar-refractivity contribution >= 4 is 55.1 Å². The van der Waals surface area contributed by atoms with Crippen LogP contribution in [0.25, 0.3) is 0 Å². The van der Waals surface area contributed by atoms with Gasteiger partial charge in [0.15, 0.2) is 0 Å². The van der Waals surface area contributed by atoms with Crippen molar-refractivity contribution in [3.63, 3.8) is 0 Å². The van der Waals surface area contributed by atoms with Crippen LogP contribution in [0.4, 0.5) is 0 Å². The number of ether oxygens (including phenoxy) is 2. The number of carboxylic acids is 1. The second kappa shape index (κ2) is 8.80. The van der Waals surface area contributed by atoms with E-state index in [0.717, 1.165) is 8.23 Å². The van der Waals surface area contributed by atoms with Gasteiger partial charge < -0.3 is 0 Å². The molecule has 128 valence electrons. The molecule has 1 unspecified atom stereocenters. The predicted molar refractivity (Wildman–Crippen MR) is 98.8 cm³/mol. The first-order valence-corrected chi connectivity index (χ1v) is 15.6. The molecule has 0 radical (unpaired) electrons. The van der Waals surface area contributed by atoms with E-state index < -0.39 is 33.7 Å². The van der Waals surface area contributed by atoms with E-state index in [-0.39, 0.29) is 18.8 Å². The fourth-order valence-corrected chi connectivity index (χ4v) is 15.1. The molecule has 24 heavy (non-hydrogen) atoms. The number of hydrogen-bond acceptors (Lipinski definition) is 5. The molecular weight excluding hydrogens is 499 g/mol. The molecule has 1 heterocycles. The molecular formula is C16H18BrInO5S. The van der Waals surface area contributed by atoms with Crippen molar-refractivity contribution in [1.82, 2.24) is 0 Å². The summed E-state index contributed by atoms with van der Waals surface area (Å²) in [7, 11) is 2.85. The SMILES string of the molecule is COC(OC)C1=[C](O)[In]([CH3])[C](C(Br)Sc2ccccc2)=C1C(=O)O. The molecule has 0 aliphatic carbocycles. The van der Waals surface area contributed by atoms with Gasteiger partial charge >= 0.3 is 162 Å². The molecule has 0 fully saturated rings. The van der Waals surface area contributed by atoms with Crippen LogP contribution in [0.1, 0.15) is 0 Å². The fraction of sp³-hybridized carbons (Fsp3) is 0.312. The van der Waals surface area contributed by atoms with Crippen molar-refractivity contribution in [3.8, 4) is 0 Å². The normalized spacial score (nSPS) is 16.3. The van der Waals surface area contributed by atoms with E-state index in [1.165, 1.54) is 26.0 Å². The van der Waals surface area contributed by atoms with Crippen molar-refractivity contribution in [2.75, 3.05) is 14.2 Å². The summed E-state index contributed by atoms with van der Waals surface area (Å²) in [6.07, 6.45) is -0.880. The Balaban J connectivity index is 2.44. The van der Waals surface area contributed by atoms with Gasteiger partial charge in [0, 0.05) is 0 Å². The summed E-state index contributed by atoms with van der Waals surface area (Å²) in [4.78, 5) is 12.9. The summed E-state index contributed by atoms with van der Waals surface area (Å²) in [6, 6.07) is 9.73. The van der Waals surface area contributed by atoms with E-state index in [9.17, 15) is 15.0 Å². The van der Waals surface area contributed by atoms with Crippen LogP contribution in [-0.4, -0.2) is 62.3 Å². The zero-order chi connectivity index (χ0) is 17.9. The van der Waals surface area contributed by atoms with Crippen molar-refractivity contribution < 1.29 is 24.5 Å². The number of aliphatic hydroxyl groups is 1. The first-order valence-electron chi connectivity index (χ1n) is 7.24. The van der Waals surface area contributed by atoms with Crippen LogP contribution in [0, 0.1) is 0 Å². The van der Waals surface area contributed by atoms with E-state index in [4.69, 9.17) is 9.47 Å². The molecule has 2 N–H and O–H groups in total. The van der Waals surface area contributed by atoms with Gasteiger partial charge in [0.1, 0.15) is 0 Å². The maximum absolute atomic E-state index is 11.9. The van der Waals surface area contributed by atoms with Gasteiger partial charge in [0.2, 0.25) is 0 Å². The van der Waals surface area contributed by atoms with Crippen LogP contribution in [-0.2, 0) is 14.3 Å². The molecule has 1 aromatic carbocycles. The summed E-state index contributed by atoms with van der Waals surface area (Å²) in [6.45, 7) is 0. The Morgan fingerprint density at radius 2 is 1.83 bits per heavy atom. The quantitative estimate of drug-likeness (QED) is 0.328. The third-order valence-electron chi connectivity index (χ3n) is 3.82. The number of aliphatic hydroxyl groups excluding tert-OH is 1. The number of thioether (sulfide) groups is 1. The Morgan fingerprint density at radius 3 is 2.33 bits per heavy atom. The molecule has 8 heteroatoms. The van der Waals surface area contributed by atoms with E-state index in [2.05, 4.69) is 15.9 Å². The molecule has 0 saturated heterocycles. The maximum atomic E-state index is 11.9. The molecule has 0 aromatic heterocycles. The van der Waals surface area contributed by atoms with E-state index in [0.29, 0.717) is 0 Å². The second-order valence-corrected chi connectivity index (χ2v) is 15.4. The fourth-order valence-electron chi connectivity index (χ4n) is 2.68. The minimum absolute atomic E-state index is 0.134. The van der Waals surface area contributed by atoms with E-state index in [1.807, 2.05) is 35.0 Å². The number of aliphatic carboxylic acids is 1.